The molecule has 3 aromatic carbocycles. The van der Waals surface area contributed by atoms with Crippen molar-refractivity contribution in [2.75, 3.05) is 12.3 Å². The van der Waals surface area contributed by atoms with E-state index in [2.05, 4.69) is 20.6 Å². The number of nitrogens with two attached hydrogens (primary N) is 1. The molecule has 0 saturated heterocycles. The smallest absolute Gasteiger partial charge is 0.277 e. The highest BCUT2D eigenvalue weighted by atomic mass is 19.1. The van der Waals surface area contributed by atoms with Crippen molar-refractivity contribution < 1.29 is 23.2 Å². The quantitative estimate of drug-likeness (QED) is 0.212. The van der Waals surface area contributed by atoms with E-state index in [0.717, 1.165) is 10.1 Å². The van der Waals surface area contributed by atoms with Gasteiger partial charge in [0.05, 0.1) is 6.20 Å². The van der Waals surface area contributed by atoms with Gasteiger partial charge in [-0.25, -0.2) is 14.4 Å². The van der Waals surface area contributed by atoms with E-state index in [0.29, 0.717) is 28.8 Å². The predicted octanol–water partition coefficient (Wildman–Crippen LogP) is 3.13. The number of hydrogen-bond acceptors (Lipinski definition) is 8. The van der Waals surface area contributed by atoms with Crippen molar-refractivity contribution in [3.05, 3.63) is 112 Å². The molecule has 0 saturated carbocycles. The fraction of sp³-hybridized carbons (Fsp3) is 0.161. The Kier molecular flexibility index (Phi) is 8.37. The number of halogens is 1. The lowest BCUT2D eigenvalue weighted by Crippen LogP contribution is -2.45. The van der Waals surface area contributed by atoms with Crippen LogP contribution in [0.3, 0.4) is 0 Å². The summed E-state index contributed by atoms with van der Waals surface area (Å²) in [5.41, 5.74) is 7.03. The molecule has 2 heterocycles. The molecule has 0 aliphatic rings. The number of ketones is 1. The SMILES string of the molecule is CCNC(=O)c1ccc2oc(C(=O)C(Cc3ccccc3)NC(=O)Cn3c(-c4ccc(F)cc4)ncc(N)c3=O)nc2c1. The second kappa shape index (κ2) is 12.5. The van der Waals surface area contributed by atoms with Crippen molar-refractivity contribution in [1.82, 2.24) is 25.2 Å². The fourth-order valence-electron chi connectivity index (χ4n) is 4.51. The molecule has 0 radical (unpaired) electrons. The zero-order valence-corrected chi connectivity index (χ0v) is 23.0. The number of hydrogen-bond donors (Lipinski definition) is 3. The number of aromatic nitrogens is 3. The Morgan fingerprint density at radius 3 is 2.51 bits per heavy atom. The summed E-state index contributed by atoms with van der Waals surface area (Å²) in [4.78, 5) is 60.7. The third-order valence-electron chi connectivity index (χ3n) is 6.61. The summed E-state index contributed by atoms with van der Waals surface area (Å²) in [6.07, 6.45) is 1.27. The second-order valence-electron chi connectivity index (χ2n) is 9.67. The average molecular weight is 583 g/mol. The van der Waals surface area contributed by atoms with Gasteiger partial charge >= 0.3 is 0 Å². The van der Waals surface area contributed by atoms with Crippen LogP contribution in [0, 0.1) is 5.82 Å². The maximum atomic E-state index is 13.7. The minimum atomic E-state index is -1.12. The first kappa shape index (κ1) is 28.9. The molecule has 0 aliphatic carbocycles. The van der Waals surface area contributed by atoms with Gasteiger partial charge in [-0.1, -0.05) is 30.3 Å². The van der Waals surface area contributed by atoms with Crippen LogP contribution in [0.5, 0.6) is 0 Å². The summed E-state index contributed by atoms with van der Waals surface area (Å²) in [5.74, 6) is -2.21. The van der Waals surface area contributed by atoms with Crippen LogP contribution in [-0.4, -0.2) is 44.7 Å². The lowest BCUT2D eigenvalue weighted by Gasteiger charge is -2.18. The Morgan fingerprint density at radius 1 is 1.05 bits per heavy atom. The number of oxazole rings is 1. The number of rotatable bonds is 10. The van der Waals surface area contributed by atoms with Crippen LogP contribution < -0.4 is 21.9 Å². The first-order valence-corrected chi connectivity index (χ1v) is 13.4. The summed E-state index contributed by atoms with van der Waals surface area (Å²) in [7, 11) is 0. The minimum absolute atomic E-state index is 0.0992. The Hall–Kier alpha value is -5.65. The van der Waals surface area contributed by atoms with Gasteiger partial charge in [0, 0.05) is 24.1 Å². The molecule has 5 rings (SSSR count). The number of Topliss-reactive ketones (excluding diaryl/α,β-unsaturated/α-hetero) is 1. The van der Waals surface area contributed by atoms with E-state index in [1.807, 2.05) is 6.07 Å². The van der Waals surface area contributed by atoms with Crippen LogP contribution in [-0.2, 0) is 17.8 Å². The van der Waals surface area contributed by atoms with Crippen LogP contribution >= 0.6 is 0 Å². The number of amides is 2. The zero-order valence-electron chi connectivity index (χ0n) is 23.0. The summed E-state index contributed by atoms with van der Waals surface area (Å²) in [5, 5.41) is 5.40. The van der Waals surface area contributed by atoms with Gasteiger partial charge in [0.1, 0.15) is 35.4 Å². The number of carbonyl (C=O) groups is 3. The molecule has 1 atom stereocenters. The Bertz CT molecular complexity index is 1870. The molecule has 1 unspecified atom stereocenters. The molecule has 43 heavy (non-hydrogen) atoms. The third-order valence-corrected chi connectivity index (χ3v) is 6.61. The lowest BCUT2D eigenvalue weighted by molar-refractivity contribution is -0.122. The van der Waals surface area contributed by atoms with Gasteiger partial charge < -0.3 is 20.8 Å². The number of benzene rings is 3. The van der Waals surface area contributed by atoms with Crippen LogP contribution in [0.2, 0.25) is 0 Å². The largest absolute Gasteiger partial charge is 0.434 e. The van der Waals surface area contributed by atoms with Crippen LogP contribution in [0.15, 0.2) is 88.2 Å². The van der Waals surface area contributed by atoms with E-state index < -0.39 is 35.7 Å². The van der Waals surface area contributed by atoms with Gasteiger partial charge in [-0.15, -0.1) is 0 Å². The topological polar surface area (TPSA) is 162 Å². The lowest BCUT2D eigenvalue weighted by atomic mass is 10.0. The van der Waals surface area contributed by atoms with Crippen molar-refractivity contribution in [2.24, 2.45) is 0 Å². The first-order chi connectivity index (χ1) is 20.7. The van der Waals surface area contributed by atoms with Gasteiger partial charge in [0.2, 0.25) is 11.7 Å². The number of fused-ring (bicyclic) bond motifs is 1. The molecule has 5 aromatic rings. The minimum Gasteiger partial charge on any atom is -0.434 e. The van der Waals surface area contributed by atoms with Gasteiger partial charge in [-0.3, -0.25) is 23.7 Å². The maximum absolute atomic E-state index is 13.7. The Labute approximate surface area is 244 Å². The van der Waals surface area contributed by atoms with E-state index in [4.69, 9.17) is 10.2 Å². The van der Waals surface area contributed by atoms with Crippen molar-refractivity contribution in [1.29, 1.82) is 0 Å². The second-order valence-corrected chi connectivity index (χ2v) is 9.67. The van der Waals surface area contributed by atoms with Crippen LogP contribution in [0.25, 0.3) is 22.5 Å². The molecule has 2 amide bonds. The Balaban J connectivity index is 1.44. The summed E-state index contributed by atoms with van der Waals surface area (Å²) in [6.45, 7) is 1.72. The summed E-state index contributed by atoms with van der Waals surface area (Å²) < 4.78 is 20.3. The average Bonchev–Trinajstić information content (AvgIpc) is 3.44. The number of nitrogens with one attached hydrogen (secondary N) is 2. The molecule has 11 nitrogen and oxygen atoms in total. The van der Waals surface area contributed by atoms with Gasteiger partial charge in [0.25, 0.3) is 17.4 Å². The standard InChI is InChI=1S/C31H27FN6O5/c1-2-34-29(41)20-10-13-25-23(15-20)37-30(43-25)27(40)24(14-18-6-4-3-5-7-18)36-26(39)17-38-28(35-16-22(33)31(38)42)19-8-11-21(32)12-9-19/h3-13,15-16,24H,2,14,17,33H2,1H3,(H,34,41)(H,36,39). The molecule has 0 bridgehead atoms. The van der Waals surface area contributed by atoms with E-state index in [1.54, 1.807) is 43.3 Å². The first-order valence-electron chi connectivity index (χ1n) is 13.4. The zero-order chi connectivity index (χ0) is 30.5. The predicted molar refractivity (Wildman–Crippen MR) is 157 cm³/mol. The fourth-order valence-corrected chi connectivity index (χ4v) is 4.51. The van der Waals surface area contributed by atoms with Crippen molar-refractivity contribution in [3.8, 4) is 11.4 Å². The molecule has 0 spiro atoms. The highest BCUT2D eigenvalue weighted by molar-refractivity contribution is 6.01. The molecule has 2 aromatic heterocycles. The molecule has 12 heteroatoms. The highest BCUT2D eigenvalue weighted by Gasteiger charge is 2.28. The molecular formula is C31H27FN6O5. The van der Waals surface area contributed by atoms with E-state index in [-0.39, 0.29) is 29.7 Å². The molecule has 4 N–H and O–H groups in total. The van der Waals surface area contributed by atoms with Crippen molar-refractivity contribution in [2.45, 2.75) is 25.9 Å². The molecule has 0 fully saturated rings. The summed E-state index contributed by atoms with van der Waals surface area (Å²) >= 11 is 0. The van der Waals surface area contributed by atoms with Gasteiger partial charge in [0.15, 0.2) is 5.58 Å². The summed E-state index contributed by atoms with van der Waals surface area (Å²) in [6, 6.07) is 17.8. The van der Waals surface area contributed by atoms with Crippen LogP contribution in [0.1, 0.15) is 33.5 Å². The van der Waals surface area contributed by atoms with E-state index in [9.17, 15) is 23.6 Å². The van der Waals surface area contributed by atoms with E-state index >= 15 is 0 Å². The monoisotopic (exact) mass is 582 g/mol. The van der Waals surface area contributed by atoms with Gasteiger partial charge in [-0.2, -0.15) is 0 Å². The Morgan fingerprint density at radius 2 is 1.79 bits per heavy atom. The normalized spacial score (nSPS) is 11.7. The number of nitrogen functional groups attached to an aromatic ring is 1. The highest BCUT2D eigenvalue weighted by Crippen LogP contribution is 2.20. The number of nitrogens with zero attached hydrogens (tertiary/aromatic N) is 3. The van der Waals surface area contributed by atoms with Crippen molar-refractivity contribution in [3.63, 3.8) is 0 Å². The van der Waals surface area contributed by atoms with Gasteiger partial charge in [-0.05, 0) is 55.0 Å². The molecule has 0 aliphatic heterocycles. The van der Waals surface area contributed by atoms with Crippen molar-refractivity contribution >= 4 is 34.4 Å². The van der Waals surface area contributed by atoms with E-state index in [1.165, 1.54) is 36.5 Å². The number of anilines is 1. The maximum Gasteiger partial charge on any atom is 0.277 e. The molecule has 218 valence electrons. The number of carbonyl (C=O) groups excluding carboxylic acids is 3. The third kappa shape index (κ3) is 6.48. The van der Waals surface area contributed by atoms with Crippen LogP contribution in [0.4, 0.5) is 10.1 Å². The molecular weight excluding hydrogens is 555 g/mol.